The van der Waals surface area contributed by atoms with Crippen molar-refractivity contribution in [2.24, 2.45) is 0 Å². The zero-order valence-corrected chi connectivity index (χ0v) is 11.5. The molecule has 0 spiro atoms. The van der Waals surface area contributed by atoms with Crippen molar-refractivity contribution in [3.8, 4) is 5.75 Å². The highest BCUT2D eigenvalue weighted by Crippen LogP contribution is 2.17. The number of carbonyl (C=O) groups is 1. The Bertz CT molecular complexity index is 420. The van der Waals surface area contributed by atoms with Crippen molar-refractivity contribution in [1.29, 1.82) is 0 Å². The Morgan fingerprint density at radius 1 is 1.47 bits per heavy atom. The van der Waals surface area contributed by atoms with Crippen LogP contribution in [0.5, 0.6) is 5.75 Å². The van der Waals surface area contributed by atoms with Gasteiger partial charge in [0.1, 0.15) is 18.5 Å². The number of rotatable bonds is 5. The van der Waals surface area contributed by atoms with E-state index in [1.54, 1.807) is 6.07 Å². The molecule has 1 heterocycles. The van der Waals surface area contributed by atoms with Crippen LogP contribution in [0.2, 0.25) is 0 Å². The number of aldehydes is 1. The molecule has 0 radical (unpaired) electrons. The molecular weight excluding hydrogens is 242 g/mol. The van der Waals surface area contributed by atoms with Crippen molar-refractivity contribution in [1.82, 2.24) is 4.90 Å². The lowest BCUT2D eigenvalue weighted by Crippen LogP contribution is -2.47. The van der Waals surface area contributed by atoms with Crippen LogP contribution < -0.4 is 4.74 Å². The van der Waals surface area contributed by atoms with E-state index in [0.717, 1.165) is 26.0 Å². The van der Waals surface area contributed by atoms with Gasteiger partial charge in [0.2, 0.25) is 0 Å². The third-order valence-electron chi connectivity index (χ3n) is 3.37. The smallest absolute Gasteiger partial charge is 0.153 e. The molecule has 1 aliphatic heterocycles. The maximum Gasteiger partial charge on any atom is 0.153 e. The van der Waals surface area contributed by atoms with Gasteiger partial charge < -0.3 is 9.47 Å². The number of hydrogen-bond acceptors (Lipinski definition) is 4. The molecule has 1 fully saturated rings. The molecule has 1 saturated heterocycles. The Balaban J connectivity index is 1.89. The quantitative estimate of drug-likeness (QED) is 0.762. The number of nitrogens with zero attached hydrogens (tertiary/aromatic N) is 1. The third-order valence-corrected chi connectivity index (χ3v) is 3.37. The lowest BCUT2D eigenvalue weighted by Gasteiger charge is -2.35. The maximum absolute atomic E-state index is 10.9. The van der Waals surface area contributed by atoms with Crippen molar-refractivity contribution in [2.75, 3.05) is 26.3 Å². The average Bonchev–Trinajstić information content (AvgIpc) is 2.45. The fourth-order valence-corrected chi connectivity index (χ4v) is 2.20. The molecule has 4 nitrogen and oxygen atoms in total. The van der Waals surface area contributed by atoms with Gasteiger partial charge in [0, 0.05) is 19.1 Å². The zero-order chi connectivity index (χ0) is 13.7. The van der Waals surface area contributed by atoms with Gasteiger partial charge in [-0.05, 0) is 26.0 Å². The maximum atomic E-state index is 10.9. The predicted octanol–water partition coefficient (Wildman–Crippen LogP) is 1.99. The summed E-state index contributed by atoms with van der Waals surface area (Å²) in [5.41, 5.74) is 0.582. The third kappa shape index (κ3) is 3.78. The first-order valence-corrected chi connectivity index (χ1v) is 6.73. The molecule has 2 rings (SSSR count). The second-order valence-corrected chi connectivity index (χ2v) is 5.05. The van der Waals surface area contributed by atoms with Crippen molar-refractivity contribution in [2.45, 2.75) is 26.0 Å². The van der Waals surface area contributed by atoms with Crippen LogP contribution in [0.25, 0.3) is 0 Å². The standard InChI is InChI=1S/C15H21NO3/c1-12(2)16-7-8-18-14(9-16)11-19-15-6-4-3-5-13(15)10-17/h3-6,10,12,14H,7-9,11H2,1-2H3. The summed E-state index contributed by atoms with van der Waals surface area (Å²) < 4.78 is 11.4. The molecule has 1 aliphatic rings. The van der Waals surface area contributed by atoms with Gasteiger partial charge in [-0.3, -0.25) is 9.69 Å². The van der Waals surface area contributed by atoms with Crippen LogP contribution >= 0.6 is 0 Å². The second kappa shape index (κ2) is 6.68. The van der Waals surface area contributed by atoms with Crippen molar-refractivity contribution in [3.63, 3.8) is 0 Å². The van der Waals surface area contributed by atoms with E-state index in [4.69, 9.17) is 9.47 Å². The van der Waals surface area contributed by atoms with Gasteiger partial charge in [0.25, 0.3) is 0 Å². The minimum Gasteiger partial charge on any atom is -0.490 e. The molecule has 0 amide bonds. The Morgan fingerprint density at radius 3 is 3.00 bits per heavy atom. The minimum atomic E-state index is 0.0656. The van der Waals surface area contributed by atoms with E-state index in [-0.39, 0.29) is 6.10 Å². The Labute approximate surface area is 114 Å². The minimum absolute atomic E-state index is 0.0656. The molecule has 0 aliphatic carbocycles. The molecule has 0 aromatic heterocycles. The van der Waals surface area contributed by atoms with Crippen LogP contribution in [0, 0.1) is 0 Å². The molecule has 0 N–H and O–H groups in total. The number of ether oxygens (including phenoxy) is 2. The fraction of sp³-hybridized carbons (Fsp3) is 0.533. The summed E-state index contributed by atoms with van der Waals surface area (Å²) in [6.07, 6.45) is 0.883. The van der Waals surface area contributed by atoms with Gasteiger partial charge in [-0.25, -0.2) is 0 Å². The van der Waals surface area contributed by atoms with E-state index in [9.17, 15) is 4.79 Å². The molecule has 1 aromatic rings. The summed E-state index contributed by atoms with van der Waals surface area (Å²) in [6.45, 7) is 7.44. The number of hydrogen-bond donors (Lipinski definition) is 0. The van der Waals surface area contributed by atoms with Gasteiger partial charge in [-0.1, -0.05) is 12.1 Å². The Hall–Kier alpha value is -1.39. The molecule has 4 heteroatoms. The molecule has 0 bridgehead atoms. The molecule has 1 unspecified atom stereocenters. The summed E-state index contributed by atoms with van der Waals surface area (Å²) >= 11 is 0. The highest BCUT2D eigenvalue weighted by atomic mass is 16.5. The molecule has 104 valence electrons. The molecular formula is C15H21NO3. The fourth-order valence-electron chi connectivity index (χ4n) is 2.20. The highest BCUT2D eigenvalue weighted by Gasteiger charge is 2.22. The Kier molecular flexibility index (Phi) is 4.93. The first-order valence-electron chi connectivity index (χ1n) is 6.73. The van der Waals surface area contributed by atoms with Crippen molar-refractivity contribution in [3.05, 3.63) is 29.8 Å². The lowest BCUT2D eigenvalue weighted by molar-refractivity contribution is -0.0565. The lowest BCUT2D eigenvalue weighted by atomic mass is 10.2. The van der Waals surface area contributed by atoms with Crippen LogP contribution in [0.3, 0.4) is 0 Å². The van der Waals surface area contributed by atoms with Crippen LogP contribution in [-0.2, 0) is 4.74 Å². The van der Waals surface area contributed by atoms with E-state index in [1.165, 1.54) is 0 Å². The molecule has 0 saturated carbocycles. The summed E-state index contributed by atoms with van der Waals surface area (Å²) in [5, 5.41) is 0. The van der Waals surface area contributed by atoms with Gasteiger partial charge in [-0.2, -0.15) is 0 Å². The van der Waals surface area contributed by atoms with E-state index in [0.29, 0.717) is 24.0 Å². The van der Waals surface area contributed by atoms with Crippen LogP contribution in [0.1, 0.15) is 24.2 Å². The van der Waals surface area contributed by atoms with E-state index in [1.807, 2.05) is 18.2 Å². The SMILES string of the molecule is CC(C)N1CCOC(COc2ccccc2C=O)C1. The van der Waals surface area contributed by atoms with Gasteiger partial charge in [0.05, 0.1) is 12.2 Å². The van der Waals surface area contributed by atoms with Crippen molar-refractivity contribution >= 4 is 6.29 Å². The molecule has 19 heavy (non-hydrogen) atoms. The average molecular weight is 263 g/mol. The predicted molar refractivity (Wildman–Crippen MR) is 73.8 cm³/mol. The van der Waals surface area contributed by atoms with Crippen LogP contribution in [0.4, 0.5) is 0 Å². The summed E-state index contributed by atoms with van der Waals surface area (Å²) in [4.78, 5) is 13.3. The molecule has 1 atom stereocenters. The monoisotopic (exact) mass is 263 g/mol. The van der Waals surface area contributed by atoms with Gasteiger partial charge in [0.15, 0.2) is 6.29 Å². The normalized spacial score (nSPS) is 20.5. The zero-order valence-electron chi connectivity index (χ0n) is 11.5. The van der Waals surface area contributed by atoms with E-state index in [2.05, 4.69) is 18.7 Å². The van der Waals surface area contributed by atoms with Crippen LogP contribution in [-0.4, -0.2) is 49.6 Å². The second-order valence-electron chi connectivity index (χ2n) is 5.05. The molecule has 1 aromatic carbocycles. The van der Waals surface area contributed by atoms with E-state index >= 15 is 0 Å². The number of benzene rings is 1. The summed E-state index contributed by atoms with van der Waals surface area (Å²) in [7, 11) is 0. The highest BCUT2D eigenvalue weighted by molar-refractivity contribution is 5.79. The Morgan fingerprint density at radius 2 is 2.26 bits per heavy atom. The number of morpholine rings is 1. The first kappa shape index (κ1) is 14.0. The van der Waals surface area contributed by atoms with Gasteiger partial charge in [-0.15, -0.1) is 0 Å². The largest absolute Gasteiger partial charge is 0.490 e. The first-order chi connectivity index (χ1) is 9.20. The van der Waals surface area contributed by atoms with Crippen LogP contribution in [0.15, 0.2) is 24.3 Å². The number of carbonyl (C=O) groups excluding carboxylic acids is 1. The van der Waals surface area contributed by atoms with Gasteiger partial charge >= 0.3 is 0 Å². The number of para-hydroxylation sites is 1. The van der Waals surface area contributed by atoms with E-state index < -0.39 is 0 Å². The summed E-state index contributed by atoms with van der Waals surface area (Å²) in [5.74, 6) is 0.628. The summed E-state index contributed by atoms with van der Waals surface area (Å²) in [6, 6.07) is 7.78. The van der Waals surface area contributed by atoms with Crippen molar-refractivity contribution < 1.29 is 14.3 Å². The topological polar surface area (TPSA) is 38.8 Å².